The maximum Gasteiger partial charge on any atom is 0.435 e. The van der Waals surface area contributed by atoms with Crippen molar-refractivity contribution in [3.63, 3.8) is 0 Å². The number of allylic oxidation sites excluding steroid dienone is 4. The highest BCUT2D eigenvalue weighted by Gasteiger charge is 2.76. The lowest BCUT2D eigenvalue weighted by Gasteiger charge is -2.34. The van der Waals surface area contributed by atoms with Gasteiger partial charge in [-0.1, -0.05) is 23.8 Å². The number of hydrogen-bond acceptors (Lipinski definition) is 2. The summed E-state index contributed by atoms with van der Waals surface area (Å²) < 4.78 is 95.0. The zero-order chi connectivity index (χ0) is 21.8. The van der Waals surface area contributed by atoms with E-state index in [1.54, 1.807) is 38.1 Å². The van der Waals surface area contributed by atoms with Crippen LogP contribution in [0.4, 0.5) is 36.4 Å². The van der Waals surface area contributed by atoms with Gasteiger partial charge in [-0.3, -0.25) is 0 Å². The second-order valence-corrected chi connectivity index (χ2v) is 7.42. The normalized spacial score (nSPS) is 20.2. The molecule has 1 atom stereocenters. The fourth-order valence-electron chi connectivity index (χ4n) is 3.72. The van der Waals surface area contributed by atoms with E-state index in [9.17, 15) is 30.7 Å². The van der Waals surface area contributed by atoms with Gasteiger partial charge in [-0.25, -0.2) is 4.39 Å². The molecule has 2 N–H and O–H groups in total. The maximum atomic E-state index is 14.8. The lowest BCUT2D eigenvalue weighted by Crippen LogP contribution is -2.55. The average Bonchev–Trinajstić information content (AvgIpc) is 2.93. The van der Waals surface area contributed by atoms with Crippen molar-refractivity contribution in [1.82, 2.24) is 4.90 Å². The van der Waals surface area contributed by atoms with Crippen LogP contribution in [0.3, 0.4) is 0 Å². The number of halogens is 7. The predicted molar refractivity (Wildman–Crippen MR) is 95.1 cm³/mol. The lowest BCUT2D eigenvalue weighted by atomic mass is 9.80. The summed E-state index contributed by atoms with van der Waals surface area (Å²) in [4.78, 5) is 1.25. The molecule has 1 aromatic rings. The molecule has 1 aliphatic heterocycles. The molecular formula is C20H19F7N2. The van der Waals surface area contributed by atoms with Crippen molar-refractivity contribution in [2.45, 2.75) is 44.8 Å². The fourth-order valence-corrected chi connectivity index (χ4v) is 3.72. The smallest absolute Gasteiger partial charge is 0.399 e. The number of aryl methyl sites for hydroxylation is 1. The third-order valence-electron chi connectivity index (χ3n) is 5.29. The maximum absolute atomic E-state index is 14.8. The van der Waals surface area contributed by atoms with Gasteiger partial charge in [0.2, 0.25) is 0 Å². The Balaban J connectivity index is 2.09. The SMILES string of the molecule is CC1=CC=C2C(C1)C(C(F)(C(F)(F)F)C(F)(F)F)=CN2Cc1ccc(N)c(C)c1. The highest BCUT2D eigenvalue weighted by Crippen LogP contribution is 2.57. The molecule has 29 heavy (non-hydrogen) atoms. The summed E-state index contributed by atoms with van der Waals surface area (Å²) in [5.74, 6) is -1.34. The number of nitrogens with zero attached hydrogens (tertiary/aromatic N) is 1. The average molecular weight is 420 g/mol. The summed E-state index contributed by atoms with van der Waals surface area (Å²) in [5.41, 5.74) is 1.63. The molecule has 2 nitrogen and oxygen atoms in total. The minimum Gasteiger partial charge on any atom is -0.399 e. The van der Waals surface area contributed by atoms with Crippen LogP contribution in [0.5, 0.6) is 0 Å². The molecule has 1 heterocycles. The molecule has 1 aliphatic carbocycles. The van der Waals surface area contributed by atoms with Crippen molar-refractivity contribution < 1.29 is 30.7 Å². The van der Waals surface area contributed by atoms with Crippen LogP contribution in [0.25, 0.3) is 0 Å². The lowest BCUT2D eigenvalue weighted by molar-refractivity contribution is -0.327. The Morgan fingerprint density at radius 3 is 2.17 bits per heavy atom. The summed E-state index contributed by atoms with van der Waals surface area (Å²) in [6.45, 7) is 3.31. The molecule has 0 amide bonds. The van der Waals surface area contributed by atoms with Gasteiger partial charge >= 0.3 is 18.0 Å². The van der Waals surface area contributed by atoms with Crippen LogP contribution in [0.2, 0.25) is 0 Å². The first-order valence-corrected chi connectivity index (χ1v) is 8.79. The van der Waals surface area contributed by atoms with E-state index in [-0.39, 0.29) is 18.7 Å². The van der Waals surface area contributed by atoms with Crippen LogP contribution in [-0.2, 0) is 6.54 Å². The summed E-state index contributed by atoms with van der Waals surface area (Å²) in [6.07, 6.45) is -8.66. The van der Waals surface area contributed by atoms with E-state index in [0.717, 1.165) is 5.56 Å². The number of hydrogen-bond donors (Lipinski definition) is 1. The molecule has 0 fully saturated rings. The molecule has 0 radical (unpaired) electrons. The number of nitrogen functional groups attached to an aromatic ring is 1. The van der Waals surface area contributed by atoms with Gasteiger partial charge in [0.1, 0.15) is 0 Å². The molecule has 2 aliphatic rings. The van der Waals surface area contributed by atoms with E-state index in [0.29, 0.717) is 23.0 Å². The van der Waals surface area contributed by atoms with E-state index in [2.05, 4.69) is 0 Å². The van der Waals surface area contributed by atoms with Crippen LogP contribution in [0.15, 0.2) is 53.4 Å². The zero-order valence-electron chi connectivity index (χ0n) is 15.6. The third kappa shape index (κ3) is 3.51. The Morgan fingerprint density at radius 1 is 1.00 bits per heavy atom. The summed E-state index contributed by atoms with van der Waals surface area (Å²) in [6, 6.07) is 4.92. The Kier molecular flexibility index (Phi) is 4.99. The molecule has 9 heteroatoms. The van der Waals surface area contributed by atoms with Gasteiger partial charge in [0.15, 0.2) is 0 Å². The Bertz CT molecular complexity index is 892. The van der Waals surface area contributed by atoms with Crippen LogP contribution in [-0.4, -0.2) is 22.9 Å². The highest BCUT2D eigenvalue weighted by atomic mass is 19.4. The monoisotopic (exact) mass is 420 g/mol. The molecule has 0 bridgehead atoms. The standard InChI is InChI=1S/C20H19F7N2/c1-11-3-6-17-14(7-11)15(18(21,19(22,23)24)20(25,26)27)10-29(17)9-13-4-5-16(28)12(2)8-13/h3-6,8,10,14H,7,9,28H2,1-2H3. The fraction of sp³-hybridized carbons (Fsp3) is 0.400. The number of benzene rings is 1. The quantitative estimate of drug-likeness (QED) is 0.483. The largest absolute Gasteiger partial charge is 0.435 e. The van der Waals surface area contributed by atoms with Gasteiger partial charge in [-0.2, -0.15) is 26.3 Å². The van der Waals surface area contributed by atoms with Crippen molar-refractivity contribution in [3.8, 4) is 0 Å². The zero-order valence-corrected chi connectivity index (χ0v) is 15.6. The van der Waals surface area contributed by atoms with E-state index in [4.69, 9.17) is 5.73 Å². The summed E-state index contributed by atoms with van der Waals surface area (Å²) in [7, 11) is 0. The number of fused-ring (bicyclic) bond motifs is 1. The molecule has 3 rings (SSSR count). The number of alkyl halides is 7. The second kappa shape index (κ2) is 6.81. The summed E-state index contributed by atoms with van der Waals surface area (Å²) in [5, 5.41) is 0. The van der Waals surface area contributed by atoms with Crippen LogP contribution < -0.4 is 5.73 Å². The molecule has 1 aromatic carbocycles. The van der Waals surface area contributed by atoms with E-state index >= 15 is 0 Å². The summed E-state index contributed by atoms with van der Waals surface area (Å²) >= 11 is 0. The van der Waals surface area contributed by atoms with E-state index in [1.807, 2.05) is 0 Å². The Hall–Kier alpha value is -2.45. The van der Waals surface area contributed by atoms with Crippen LogP contribution in [0.1, 0.15) is 24.5 Å². The van der Waals surface area contributed by atoms with Crippen molar-refractivity contribution >= 4 is 5.69 Å². The van der Waals surface area contributed by atoms with E-state index < -0.39 is 29.5 Å². The molecule has 0 saturated carbocycles. The van der Waals surface area contributed by atoms with Gasteiger partial charge < -0.3 is 10.6 Å². The second-order valence-electron chi connectivity index (χ2n) is 7.42. The molecule has 0 saturated heterocycles. The number of anilines is 1. The predicted octanol–water partition coefficient (Wildman–Crippen LogP) is 5.96. The van der Waals surface area contributed by atoms with E-state index in [1.165, 1.54) is 11.0 Å². The first-order chi connectivity index (χ1) is 13.3. The first kappa shape index (κ1) is 21.3. The topological polar surface area (TPSA) is 29.3 Å². The van der Waals surface area contributed by atoms with Gasteiger partial charge in [-0.15, -0.1) is 0 Å². The Labute approximate surface area is 163 Å². The van der Waals surface area contributed by atoms with Gasteiger partial charge in [0.25, 0.3) is 0 Å². The highest BCUT2D eigenvalue weighted by molar-refractivity contribution is 5.48. The Morgan fingerprint density at radius 2 is 1.62 bits per heavy atom. The van der Waals surface area contributed by atoms with Crippen molar-refractivity contribution in [1.29, 1.82) is 0 Å². The third-order valence-corrected chi connectivity index (χ3v) is 5.29. The van der Waals surface area contributed by atoms with Gasteiger partial charge in [0, 0.05) is 35.6 Å². The minimum absolute atomic E-state index is 0.00830. The first-order valence-electron chi connectivity index (χ1n) is 8.79. The van der Waals surface area contributed by atoms with Crippen molar-refractivity contribution in [3.05, 3.63) is 64.5 Å². The van der Waals surface area contributed by atoms with Gasteiger partial charge in [-0.05, 0) is 43.5 Å². The van der Waals surface area contributed by atoms with Crippen molar-refractivity contribution in [2.75, 3.05) is 5.73 Å². The molecule has 1 unspecified atom stereocenters. The van der Waals surface area contributed by atoms with Crippen LogP contribution >= 0.6 is 0 Å². The van der Waals surface area contributed by atoms with Crippen LogP contribution in [0, 0.1) is 12.8 Å². The molecular weight excluding hydrogens is 401 g/mol. The molecule has 0 spiro atoms. The number of nitrogens with two attached hydrogens (primary N) is 1. The van der Waals surface area contributed by atoms with Crippen molar-refractivity contribution in [2.24, 2.45) is 5.92 Å². The minimum atomic E-state index is -6.13. The number of rotatable bonds is 3. The molecule has 0 aromatic heterocycles. The molecule has 158 valence electrons. The van der Waals surface area contributed by atoms with Gasteiger partial charge in [0.05, 0.1) is 0 Å².